The lowest BCUT2D eigenvalue weighted by atomic mass is 10.00. The molecule has 2 rings (SSSR count). The molecule has 0 saturated heterocycles. The van der Waals surface area contributed by atoms with E-state index in [9.17, 15) is 14.7 Å². The van der Waals surface area contributed by atoms with E-state index in [0.29, 0.717) is 17.3 Å². The molecule has 0 aliphatic carbocycles. The van der Waals surface area contributed by atoms with Crippen LogP contribution in [0.5, 0.6) is 0 Å². The second kappa shape index (κ2) is 5.95. The van der Waals surface area contributed by atoms with E-state index in [2.05, 4.69) is 10.3 Å². The van der Waals surface area contributed by atoms with Crippen LogP contribution >= 0.6 is 0 Å². The smallest absolute Gasteiger partial charge is 0.348 e. The van der Waals surface area contributed by atoms with Crippen LogP contribution < -0.4 is 10.9 Å². The molecule has 0 aliphatic rings. The average molecular weight is 290 g/mol. The molecule has 1 aromatic carbocycles. The van der Waals surface area contributed by atoms with Crippen LogP contribution in [0, 0.1) is 12.8 Å². The predicted molar refractivity (Wildman–Crippen MR) is 79.5 cm³/mol. The number of carboxylic acids is 1. The highest BCUT2D eigenvalue weighted by Crippen LogP contribution is 2.17. The van der Waals surface area contributed by atoms with E-state index in [4.69, 9.17) is 4.42 Å². The summed E-state index contributed by atoms with van der Waals surface area (Å²) in [7, 11) is 0. The standard InChI is InChI=1S/C15H18N2O4/c1-4-8(2)12(13(18)19)17-15-16-10-7-5-6-9(3)11(10)14(20)21-15/h5-8,12H,4H2,1-3H3,(H,16,17)(H,18,19)/t8?,12-/m0/s1. The van der Waals surface area contributed by atoms with Crippen molar-refractivity contribution in [2.24, 2.45) is 5.92 Å². The zero-order valence-corrected chi connectivity index (χ0v) is 12.2. The second-order valence-electron chi connectivity index (χ2n) is 5.12. The molecule has 112 valence electrons. The largest absolute Gasteiger partial charge is 0.480 e. The number of carboxylic acid groups (broad SMARTS) is 1. The zero-order chi connectivity index (χ0) is 15.6. The van der Waals surface area contributed by atoms with Crippen LogP contribution in [-0.2, 0) is 4.79 Å². The fourth-order valence-corrected chi connectivity index (χ4v) is 2.16. The zero-order valence-electron chi connectivity index (χ0n) is 12.2. The van der Waals surface area contributed by atoms with Crippen LogP contribution in [0.1, 0.15) is 25.8 Å². The van der Waals surface area contributed by atoms with Gasteiger partial charge >= 0.3 is 11.6 Å². The first kappa shape index (κ1) is 15.0. The Labute approximate surface area is 121 Å². The molecule has 6 nitrogen and oxygen atoms in total. The molecule has 6 heteroatoms. The lowest BCUT2D eigenvalue weighted by Gasteiger charge is -2.19. The Hall–Kier alpha value is -2.37. The number of aryl methyl sites for hydroxylation is 1. The number of nitrogens with one attached hydrogen (secondary N) is 1. The van der Waals surface area contributed by atoms with E-state index in [0.717, 1.165) is 5.56 Å². The molecule has 0 saturated carbocycles. The normalized spacial score (nSPS) is 13.9. The maximum absolute atomic E-state index is 12.0. The molecule has 2 N–H and O–H groups in total. The maximum atomic E-state index is 12.0. The molecule has 0 radical (unpaired) electrons. The van der Waals surface area contributed by atoms with Crippen molar-refractivity contribution in [2.45, 2.75) is 33.2 Å². The third-order valence-corrected chi connectivity index (χ3v) is 3.62. The molecule has 2 atom stereocenters. The van der Waals surface area contributed by atoms with Crippen molar-refractivity contribution in [3.63, 3.8) is 0 Å². The van der Waals surface area contributed by atoms with Gasteiger partial charge in [0.2, 0.25) is 0 Å². The Bertz CT molecular complexity index is 723. The van der Waals surface area contributed by atoms with Gasteiger partial charge in [-0.1, -0.05) is 32.4 Å². The van der Waals surface area contributed by atoms with E-state index < -0.39 is 17.6 Å². The van der Waals surface area contributed by atoms with E-state index in [1.807, 2.05) is 13.8 Å². The molecule has 0 bridgehead atoms. The second-order valence-corrected chi connectivity index (χ2v) is 5.12. The van der Waals surface area contributed by atoms with Gasteiger partial charge in [-0.3, -0.25) is 0 Å². The van der Waals surface area contributed by atoms with Crippen LogP contribution in [0.2, 0.25) is 0 Å². The Morgan fingerprint density at radius 2 is 2.19 bits per heavy atom. The van der Waals surface area contributed by atoms with Crippen molar-refractivity contribution in [1.29, 1.82) is 0 Å². The summed E-state index contributed by atoms with van der Waals surface area (Å²) in [5.74, 6) is -1.12. The third-order valence-electron chi connectivity index (χ3n) is 3.62. The van der Waals surface area contributed by atoms with Gasteiger partial charge in [-0.2, -0.15) is 4.98 Å². The van der Waals surface area contributed by atoms with E-state index in [1.165, 1.54) is 0 Å². The Balaban J connectivity index is 2.43. The highest BCUT2D eigenvalue weighted by molar-refractivity contribution is 5.82. The first-order chi connectivity index (χ1) is 9.93. The Morgan fingerprint density at radius 3 is 2.81 bits per heavy atom. The number of aromatic nitrogens is 1. The number of hydrogen-bond donors (Lipinski definition) is 2. The molecule has 0 fully saturated rings. The van der Waals surface area contributed by atoms with E-state index in [-0.39, 0.29) is 11.9 Å². The van der Waals surface area contributed by atoms with Gasteiger partial charge in [0.25, 0.3) is 6.01 Å². The quantitative estimate of drug-likeness (QED) is 0.878. The molecule has 2 aromatic rings. The topological polar surface area (TPSA) is 92.4 Å². The van der Waals surface area contributed by atoms with Gasteiger partial charge in [0.15, 0.2) is 0 Å². The van der Waals surface area contributed by atoms with Crippen molar-refractivity contribution < 1.29 is 14.3 Å². The summed E-state index contributed by atoms with van der Waals surface area (Å²) in [4.78, 5) is 27.5. The van der Waals surface area contributed by atoms with Gasteiger partial charge in [-0.15, -0.1) is 0 Å². The van der Waals surface area contributed by atoms with Gasteiger partial charge in [0, 0.05) is 0 Å². The van der Waals surface area contributed by atoms with Crippen LogP contribution in [-0.4, -0.2) is 22.1 Å². The minimum Gasteiger partial charge on any atom is -0.480 e. The molecule has 1 aromatic heterocycles. The first-order valence-electron chi connectivity index (χ1n) is 6.83. The number of fused-ring (bicyclic) bond motifs is 1. The van der Waals surface area contributed by atoms with Crippen molar-refractivity contribution in [2.75, 3.05) is 5.32 Å². The lowest BCUT2D eigenvalue weighted by molar-refractivity contribution is -0.139. The van der Waals surface area contributed by atoms with Crippen LogP contribution in [0.25, 0.3) is 10.9 Å². The van der Waals surface area contributed by atoms with Gasteiger partial charge in [0.05, 0.1) is 10.9 Å². The number of aliphatic carboxylic acids is 1. The fraction of sp³-hybridized carbons (Fsp3) is 0.400. The predicted octanol–water partition coefficient (Wildman–Crippen LogP) is 2.41. The van der Waals surface area contributed by atoms with Crippen molar-refractivity contribution in [3.05, 3.63) is 34.2 Å². The van der Waals surface area contributed by atoms with Crippen molar-refractivity contribution in [3.8, 4) is 0 Å². The molecular weight excluding hydrogens is 272 g/mol. The Kier molecular flexibility index (Phi) is 4.26. The highest BCUT2D eigenvalue weighted by Gasteiger charge is 2.25. The van der Waals surface area contributed by atoms with Gasteiger partial charge in [-0.05, 0) is 24.5 Å². The summed E-state index contributed by atoms with van der Waals surface area (Å²) >= 11 is 0. The maximum Gasteiger partial charge on any atom is 0.348 e. The molecule has 0 amide bonds. The molecular formula is C15H18N2O4. The van der Waals surface area contributed by atoms with Crippen LogP contribution in [0.4, 0.5) is 6.01 Å². The summed E-state index contributed by atoms with van der Waals surface area (Å²) in [5, 5.41) is 12.4. The summed E-state index contributed by atoms with van der Waals surface area (Å²) in [5.41, 5.74) is 0.743. The lowest BCUT2D eigenvalue weighted by Crippen LogP contribution is -2.36. The number of rotatable bonds is 5. The SMILES string of the molecule is CCC(C)[C@H](Nc1nc2cccc(C)c2c(=O)o1)C(=O)O. The number of hydrogen-bond acceptors (Lipinski definition) is 5. The summed E-state index contributed by atoms with van der Waals surface area (Å²) in [6.07, 6.45) is 0.681. The number of benzene rings is 1. The van der Waals surface area contributed by atoms with Crippen LogP contribution in [0.3, 0.4) is 0 Å². The fourth-order valence-electron chi connectivity index (χ4n) is 2.16. The Morgan fingerprint density at radius 1 is 1.48 bits per heavy atom. The molecule has 21 heavy (non-hydrogen) atoms. The minimum atomic E-state index is -1.00. The van der Waals surface area contributed by atoms with Crippen molar-refractivity contribution >= 4 is 22.9 Å². The first-order valence-corrected chi connectivity index (χ1v) is 6.83. The molecule has 0 aliphatic heterocycles. The minimum absolute atomic E-state index is 0.0641. The molecule has 1 heterocycles. The summed E-state index contributed by atoms with van der Waals surface area (Å²) in [6.45, 7) is 5.51. The van der Waals surface area contributed by atoms with Crippen molar-refractivity contribution in [1.82, 2.24) is 4.98 Å². The average Bonchev–Trinajstić information content (AvgIpc) is 2.43. The number of carbonyl (C=O) groups is 1. The van der Waals surface area contributed by atoms with E-state index >= 15 is 0 Å². The monoisotopic (exact) mass is 290 g/mol. The molecule has 0 spiro atoms. The summed E-state index contributed by atoms with van der Waals surface area (Å²) < 4.78 is 5.11. The van der Waals surface area contributed by atoms with E-state index in [1.54, 1.807) is 25.1 Å². The molecule has 1 unspecified atom stereocenters. The van der Waals surface area contributed by atoms with Crippen LogP contribution in [0.15, 0.2) is 27.4 Å². The van der Waals surface area contributed by atoms with Gasteiger partial charge in [0.1, 0.15) is 6.04 Å². The highest BCUT2D eigenvalue weighted by atomic mass is 16.4. The number of nitrogens with zero attached hydrogens (tertiary/aromatic N) is 1. The van der Waals surface area contributed by atoms with Gasteiger partial charge < -0.3 is 14.8 Å². The number of anilines is 1. The summed E-state index contributed by atoms with van der Waals surface area (Å²) in [6, 6.07) is 4.37. The third kappa shape index (κ3) is 3.04. The van der Waals surface area contributed by atoms with Gasteiger partial charge in [-0.25, -0.2) is 9.59 Å².